The highest BCUT2D eigenvalue weighted by molar-refractivity contribution is 7.47. The van der Waals surface area contributed by atoms with Crippen LogP contribution < -0.4 is 5.73 Å². The van der Waals surface area contributed by atoms with Crippen LogP contribution in [0, 0.1) is 0 Å². The Kier molecular flexibility index (Phi) is 35.7. The van der Waals surface area contributed by atoms with Crippen LogP contribution in [0.1, 0.15) is 174 Å². The van der Waals surface area contributed by atoms with Crippen LogP contribution in [-0.4, -0.2) is 55.1 Å². The van der Waals surface area contributed by atoms with Crippen LogP contribution >= 0.6 is 7.82 Å². The Bertz CT molecular complexity index is 1010. The maximum absolute atomic E-state index is 12.5. The molecule has 3 N–H and O–H groups in total. The quantitative estimate of drug-likeness (QED) is 0.0155. The number of rotatable bonds is 38. The summed E-state index contributed by atoms with van der Waals surface area (Å²) in [6.07, 6.45) is 35.6. The summed E-state index contributed by atoms with van der Waals surface area (Å²) in [7, 11) is -4.40. The average Bonchev–Trinajstić information content (AvgIpc) is 3.12. The molecular weight excluding hydrogens is 681 g/mol. The van der Waals surface area contributed by atoms with Crippen LogP contribution in [0.3, 0.4) is 0 Å². The number of phosphoric acid groups is 1. The number of esters is 2. The van der Waals surface area contributed by atoms with E-state index >= 15 is 0 Å². The monoisotopic (exact) mass is 756 g/mol. The summed E-state index contributed by atoms with van der Waals surface area (Å²) in [5.74, 6) is -0.812. The second-order valence-electron chi connectivity index (χ2n) is 13.5. The Labute approximate surface area is 316 Å². The standard InChI is InChI=1S/C41H74NO9P/c1-3-5-7-9-11-12-13-14-15-16-17-18-20-24-28-32-40(44)48-36-39(37-50-52(46,47)49-35-34-42)51-41(45)33-29-25-21-23-27-31-38(43)30-26-22-19-10-8-6-4-2/h12-13,19,22,26,30,39H,3-11,14-18,20-21,23-25,27-29,31-37,42H2,1-2H3,(H,46,47)/b13-12-,22-19-,30-26+/t39-/m1/s1. The fourth-order valence-corrected chi connectivity index (χ4v) is 6.14. The zero-order valence-electron chi connectivity index (χ0n) is 32.8. The van der Waals surface area contributed by atoms with Gasteiger partial charge in [0.1, 0.15) is 6.61 Å². The van der Waals surface area contributed by atoms with Gasteiger partial charge in [-0.15, -0.1) is 0 Å². The maximum atomic E-state index is 12.5. The normalized spacial score (nSPS) is 13.6. The molecule has 0 aromatic carbocycles. The smallest absolute Gasteiger partial charge is 0.462 e. The van der Waals surface area contributed by atoms with Crippen LogP contribution in [0.4, 0.5) is 0 Å². The van der Waals surface area contributed by atoms with Crippen molar-refractivity contribution in [3.63, 3.8) is 0 Å². The Hall–Kier alpha value is -2.10. The molecule has 0 saturated carbocycles. The van der Waals surface area contributed by atoms with Gasteiger partial charge in [-0.05, 0) is 63.9 Å². The predicted octanol–water partition coefficient (Wildman–Crippen LogP) is 10.6. The Morgan fingerprint density at radius 1 is 0.615 bits per heavy atom. The van der Waals surface area contributed by atoms with E-state index in [0.717, 1.165) is 57.8 Å². The first-order valence-corrected chi connectivity index (χ1v) is 21.9. The molecule has 0 aliphatic carbocycles. The van der Waals surface area contributed by atoms with Gasteiger partial charge < -0.3 is 20.1 Å². The van der Waals surface area contributed by atoms with Crippen molar-refractivity contribution >= 4 is 25.5 Å². The van der Waals surface area contributed by atoms with Crippen molar-refractivity contribution in [3.05, 3.63) is 36.5 Å². The van der Waals surface area contributed by atoms with Crippen LogP contribution in [0.2, 0.25) is 0 Å². The molecule has 302 valence electrons. The molecule has 1 unspecified atom stereocenters. The van der Waals surface area contributed by atoms with Gasteiger partial charge in [-0.1, -0.05) is 128 Å². The highest BCUT2D eigenvalue weighted by Gasteiger charge is 2.26. The third-order valence-electron chi connectivity index (χ3n) is 8.47. The molecule has 0 heterocycles. The van der Waals surface area contributed by atoms with Crippen molar-refractivity contribution in [2.75, 3.05) is 26.4 Å². The molecule has 0 radical (unpaired) electrons. The maximum Gasteiger partial charge on any atom is 0.472 e. The molecule has 52 heavy (non-hydrogen) atoms. The SMILES string of the molecule is CCCCC/C=C\C=C\C(=O)CCCCCCCC(=O)O[C@H](COC(=O)CCCCCCCCC/C=C\CCCCCC)COP(=O)(O)OCCN. The van der Waals surface area contributed by atoms with Gasteiger partial charge in [-0.3, -0.25) is 23.4 Å². The van der Waals surface area contributed by atoms with E-state index in [-0.39, 0.29) is 38.4 Å². The van der Waals surface area contributed by atoms with E-state index < -0.39 is 32.5 Å². The molecule has 0 aromatic heterocycles. The van der Waals surface area contributed by atoms with E-state index in [4.69, 9.17) is 24.3 Å². The molecule has 0 aromatic rings. The van der Waals surface area contributed by atoms with Crippen LogP contribution in [-0.2, 0) is 37.5 Å². The van der Waals surface area contributed by atoms with Crippen molar-refractivity contribution in [2.24, 2.45) is 5.73 Å². The molecule has 0 bridgehead atoms. The highest BCUT2D eigenvalue weighted by Crippen LogP contribution is 2.43. The number of carbonyl (C=O) groups excluding carboxylic acids is 3. The number of hydrogen-bond donors (Lipinski definition) is 2. The minimum Gasteiger partial charge on any atom is -0.462 e. The lowest BCUT2D eigenvalue weighted by Gasteiger charge is -2.19. The molecule has 0 rings (SSSR count). The topological polar surface area (TPSA) is 151 Å². The lowest BCUT2D eigenvalue weighted by atomic mass is 10.1. The van der Waals surface area contributed by atoms with Gasteiger partial charge in [0.05, 0.1) is 13.2 Å². The average molecular weight is 756 g/mol. The largest absolute Gasteiger partial charge is 0.472 e. The minimum absolute atomic E-state index is 0.0328. The lowest BCUT2D eigenvalue weighted by molar-refractivity contribution is -0.161. The Morgan fingerprint density at radius 3 is 1.73 bits per heavy atom. The van der Waals surface area contributed by atoms with Crippen molar-refractivity contribution < 1.29 is 42.4 Å². The number of unbranched alkanes of at least 4 members (excludes halogenated alkanes) is 18. The summed E-state index contributed by atoms with van der Waals surface area (Å²) in [6, 6.07) is 0. The zero-order valence-corrected chi connectivity index (χ0v) is 33.7. The first kappa shape index (κ1) is 49.9. The third kappa shape index (κ3) is 36.3. The first-order valence-electron chi connectivity index (χ1n) is 20.4. The highest BCUT2D eigenvalue weighted by atomic mass is 31.2. The fraction of sp³-hybridized carbons (Fsp3) is 0.780. The molecule has 0 aliphatic rings. The van der Waals surface area contributed by atoms with Gasteiger partial charge in [0, 0.05) is 25.8 Å². The summed E-state index contributed by atoms with van der Waals surface area (Å²) in [4.78, 5) is 46.8. The molecule has 0 amide bonds. The predicted molar refractivity (Wildman–Crippen MR) is 211 cm³/mol. The van der Waals surface area contributed by atoms with E-state index in [1.54, 1.807) is 6.08 Å². The summed E-state index contributed by atoms with van der Waals surface area (Å²) < 4.78 is 32.6. The van der Waals surface area contributed by atoms with E-state index in [2.05, 4.69) is 32.1 Å². The van der Waals surface area contributed by atoms with Crippen molar-refractivity contribution in [1.82, 2.24) is 0 Å². The van der Waals surface area contributed by atoms with Gasteiger partial charge in [-0.2, -0.15) is 0 Å². The number of ether oxygens (including phenoxy) is 2. The van der Waals surface area contributed by atoms with Gasteiger partial charge in [0.15, 0.2) is 11.9 Å². The van der Waals surface area contributed by atoms with E-state index in [1.165, 1.54) is 70.6 Å². The van der Waals surface area contributed by atoms with Crippen LogP contribution in [0.15, 0.2) is 36.5 Å². The molecule has 0 fully saturated rings. The number of phosphoric ester groups is 1. The number of allylic oxidation sites excluding steroid dienone is 6. The van der Waals surface area contributed by atoms with Crippen LogP contribution in [0.5, 0.6) is 0 Å². The minimum atomic E-state index is -4.40. The fourth-order valence-electron chi connectivity index (χ4n) is 5.37. The summed E-state index contributed by atoms with van der Waals surface area (Å²) >= 11 is 0. The van der Waals surface area contributed by atoms with E-state index in [0.29, 0.717) is 19.3 Å². The van der Waals surface area contributed by atoms with Crippen LogP contribution in [0.25, 0.3) is 0 Å². The number of ketones is 1. The van der Waals surface area contributed by atoms with E-state index in [9.17, 15) is 23.8 Å². The molecular formula is C41H74NO9P. The molecule has 0 aliphatic heterocycles. The van der Waals surface area contributed by atoms with Gasteiger partial charge in [0.2, 0.25) is 0 Å². The van der Waals surface area contributed by atoms with Crippen molar-refractivity contribution in [1.29, 1.82) is 0 Å². The van der Waals surface area contributed by atoms with Crippen molar-refractivity contribution in [2.45, 2.75) is 180 Å². The molecule has 2 atom stereocenters. The number of carbonyl (C=O) groups is 3. The van der Waals surface area contributed by atoms with Gasteiger partial charge in [-0.25, -0.2) is 4.57 Å². The first-order chi connectivity index (χ1) is 25.2. The third-order valence-corrected chi connectivity index (χ3v) is 9.46. The molecule has 0 saturated heterocycles. The molecule has 10 nitrogen and oxygen atoms in total. The molecule has 0 spiro atoms. The zero-order chi connectivity index (χ0) is 38.4. The number of nitrogens with two attached hydrogens (primary N) is 1. The van der Waals surface area contributed by atoms with Crippen molar-refractivity contribution in [3.8, 4) is 0 Å². The second-order valence-corrected chi connectivity index (χ2v) is 15.0. The van der Waals surface area contributed by atoms with Gasteiger partial charge >= 0.3 is 19.8 Å². The van der Waals surface area contributed by atoms with Gasteiger partial charge in [0.25, 0.3) is 0 Å². The summed E-state index contributed by atoms with van der Waals surface area (Å²) in [6.45, 7) is 3.51. The summed E-state index contributed by atoms with van der Waals surface area (Å²) in [5, 5.41) is 0. The summed E-state index contributed by atoms with van der Waals surface area (Å²) in [5.41, 5.74) is 5.33. The van der Waals surface area contributed by atoms with E-state index in [1.807, 2.05) is 12.2 Å². The lowest BCUT2D eigenvalue weighted by Crippen LogP contribution is -2.29. The second kappa shape index (κ2) is 37.2. The Balaban J connectivity index is 4.28. The Morgan fingerprint density at radius 2 is 1.12 bits per heavy atom. The number of hydrogen-bond acceptors (Lipinski definition) is 9. The molecule has 11 heteroatoms.